The van der Waals surface area contributed by atoms with Crippen molar-refractivity contribution in [2.45, 2.75) is 44.6 Å². The molecule has 3 rings (SSSR count). The first-order valence-electron chi connectivity index (χ1n) is 6.94. The van der Waals surface area contributed by atoms with Crippen molar-refractivity contribution in [1.82, 2.24) is 0 Å². The third-order valence-electron chi connectivity index (χ3n) is 3.94. The molecule has 18 heavy (non-hydrogen) atoms. The van der Waals surface area contributed by atoms with Crippen molar-refractivity contribution in [3.05, 3.63) is 41.0 Å². The quantitative estimate of drug-likeness (QED) is 0.824. The van der Waals surface area contributed by atoms with Gasteiger partial charge in [0, 0.05) is 6.42 Å². The molecule has 96 valence electrons. The second-order valence-electron chi connectivity index (χ2n) is 5.29. The van der Waals surface area contributed by atoms with Crippen molar-refractivity contribution < 1.29 is 9.84 Å². The normalized spacial score (nSPS) is 19.9. The average Bonchev–Trinajstić information content (AvgIpc) is 2.87. The number of ether oxygens (including phenoxy) is 1. The number of aliphatic hydroxyl groups excluding tert-OH is 1. The van der Waals surface area contributed by atoms with Crippen molar-refractivity contribution in [2.75, 3.05) is 6.61 Å². The molecule has 1 aliphatic heterocycles. The van der Waals surface area contributed by atoms with Crippen LogP contribution in [0.1, 0.15) is 49.3 Å². The maximum atomic E-state index is 10.3. The van der Waals surface area contributed by atoms with Gasteiger partial charge in [0.1, 0.15) is 5.75 Å². The van der Waals surface area contributed by atoms with Crippen molar-refractivity contribution in [3.8, 4) is 5.75 Å². The summed E-state index contributed by atoms with van der Waals surface area (Å²) in [5.74, 6) is 0.989. The first kappa shape index (κ1) is 11.8. The number of allylic oxidation sites excluding steroid dienone is 1. The SMILES string of the molecule is OC(CC1=CCCCC1)c1ccc2c(c1)CCO2. The minimum Gasteiger partial charge on any atom is -0.493 e. The van der Waals surface area contributed by atoms with Gasteiger partial charge in [0.05, 0.1) is 12.7 Å². The standard InChI is InChI=1S/C16H20O2/c17-15(10-12-4-2-1-3-5-12)13-6-7-16-14(11-13)8-9-18-16/h4,6-7,11,15,17H,1-3,5,8-10H2. The fourth-order valence-corrected chi connectivity index (χ4v) is 2.87. The van der Waals surface area contributed by atoms with Crippen LogP contribution < -0.4 is 4.74 Å². The summed E-state index contributed by atoms with van der Waals surface area (Å²) in [7, 11) is 0. The van der Waals surface area contributed by atoms with Gasteiger partial charge < -0.3 is 9.84 Å². The Bertz CT molecular complexity index is 462. The van der Waals surface area contributed by atoms with E-state index in [1.807, 2.05) is 12.1 Å². The Labute approximate surface area is 108 Å². The van der Waals surface area contributed by atoms with Gasteiger partial charge in [-0.3, -0.25) is 0 Å². The molecule has 0 fully saturated rings. The number of hydrogen-bond donors (Lipinski definition) is 1. The van der Waals surface area contributed by atoms with E-state index in [1.54, 1.807) is 0 Å². The van der Waals surface area contributed by atoms with Crippen molar-refractivity contribution in [2.24, 2.45) is 0 Å². The highest BCUT2D eigenvalue weighted by Gasteiger charge is 2.16. The molecule has 0 aromatic heterocycles. The Balaban J connectivity index is 1.72. The summed E-state index contributed by atoms with van der Waals surface area (Å²) in [5, 5.41) is 10.3. The monoisotopic (exact) mass is 244 g/mol. The average molecular weight is 244 g/mol. The Morgan fingerprint density at radius 3 is 3.00 bits per heavy atom. The summed E-state index contributed by atoms with van der Waals surface area (Å²) < 4.78 is 5.49. The summed E-state index contributed by atoms with van der Waals surface area (Å²) in [6, 6.07) is 6.10. The summed E-state index contributed by atoms with van der Waals surface area (Å²) >= 11 is 0. The van der Waals surface area contributed by atoms with Crippen molar-refractivity contribution >= 4 is 0 Å². The van der Waals surface area contributed by atoms with E-state index in [0.29, 0.717) is 0 Å². The van der Waals surface area contributed by atoms with Crippen LogP contribution in [0.4, 0.5) is 0 Å². The van der Waals surface area contributed by atoms with Gasteiger partial charge in [-0.1, -0.05) is 17.7 Å². The van der Waals surface area contributed by atoms with Crippen LogP contribution in [-0.2, 0) is 6.42 Å². The first-order chi connectivity index (χ1) is 8.83. The number of hydrogen-bond acceptors (Lipinski definition) is 2. The fourth-order valence-electron chi connectivity index (χ4n) is 2.87. The zero-order valence-corrected chi connectivity index (χ0v) is 10.7. The molecule has 2 nitrogen and oxygen atoms in total. The molecule has 1 aromatic rings. The lowest BCUT2D eigenvalue weighted by Crippen LogP contribution is -2.02. The van der Waals surface area contributed by atoms with Crippen LogP contribution in [0.2, 0.25) is 0 Å². The molecule has 1 atom stereocenters. The highest BCUT2D eigenvalue weighted by molar-refractivity contribution is 5.40. The molecule has 0 saturated heterocycles. The molecule has 0 saturated carbocycles. The van der Waals surface area contributed by atoms with Gasteiger partial charge in [0.2, 0.25) is 0 Å². The third kappa shape index (κ3) is 2.44. The lowest BCUT2D eigenvalue weighted by Gasteiger charge is -2.17. The number of aliphatic hydroxyl groups is 1. The van der Waals surface area contributed by atoms with Crippen LogP contribution >= 0.6 is 0 Å². The van der Waals surface area contributed by atoms with Gasteiger partial charge in [0.25, 0.3) is 0 Å². The second kappa shape index (κ2) is 5.15. The minimum absolute atomic E-state index is 0.361. The maximum absolute atomic E-state index is 10.3. The molecule has 0 amide bonds. The molecule has 1 unspecified atom stereocenters. The smallest absolute Gasteiger partial charge is 0.122 e. The number of rotatable bonds is 3. The third-order valence-corrected chi connectivity index (χ3v) is 3.94. The molecule has 0 bridgehead atoms. The van der Waals surface area contributed by atoms with E-state index >= 15 is 0 Å². The predicted octanol–water partition coefficient (Wildman–Crippen LogP) is 3.55. The Morgan fingerprint density at radius 2 is 2.17 bits per heavy atom. The van der Waals surface area contributed by atoms with Crippen molar-refractivity contribution in [3.63, 3.8) is 0 Å². The summed E-state index contributed by atoms with van der Waals surface area (Å²) in [4.78, 5) is 0. The van der Waals surface area contributed by atoms with Crippen LogP contribution in [0.3, 0.4) is 0 Å². The van der Waals surface area contributed by atoms with E-state index in [0.717, 1.165) is 37.2 Å². The number of fused-ring (bicyclic) bond motifs is 1. The molecule has 2 aliphatic rings. The summed E-state index contributed by atoms with van der Waals surface area (Å²) in [6.07, 6.45) is 8.62. The number of benzene rings is 1. The highest BCUT2D eigenvalue weighted by atomic mass is 16.5. The van der Waals surface area contributed by atoms with Crippen molar-refractivity contribution in [1.29, 1.82) is 0 Å². The largest absolute Gasteiger partial charge is 0.493 e. The predicted molar refractivity (Wildman–Crippen MR) is 71.8 cm³/mol. The van der Waals surface area contributed by atoms with E-state index in [9.17, 15) is 5.11 Å². The van der Waals surface area contributed by atoms with Gasteiger partial charge in [-0.25, -0.2) is 0 Å². The van der Waals surface area contributed by atoms with Crippen LogP contribution in [-0.4, -0.2) is 11.7 Å². The van der Waals surface area contributed by atoms with Gasteiger partial charge in [0.15, 0.2) is 0 Å². The second-order valence-corrected chi connectivity index (χ2v) is 5.29. The molecule has 1 aliphatic carbocycles. The van der Waals surface area contributed by atoms with Gasteiger partial charge in [-0.15, -0.1) is 0 Å². The molecule has 1 N–H and O–H groups in total. The van der Waals surface area contributed by atoms with Gasteiger partial charge in [-0.2, -0.15) is 0 Å². The molecule has 0 spiro atoms. The highest BCUT2D eigenvalue weighted by Crippen LogP contribution is 2.32. The van der Waals surface area contributed by atoms with E-state index in [4.69, 9.17) is 4.74 Å². The maximum Gasteiger partial charge on any atom is 0.122 e. The topological polar surface area (TPSA) is 29.5 Å². The van der Waals surface area contributed by atoms with E-state index in [-0.39, 0.29) is 6.10 Å². The lowest BCUT2D eigenvalue weighted by molar-refractivity contribution is 0.176. The van der Waals surface area contributed by atoms with Gasteiger partial charge in [-0.05, 0) is 55.4 Å². The first-order valence-corrected chi connectivity index (χ1v) is 6.94. The molecular formula is C16H20O2. The fraction of sp³-hybridized carbons (Fsp3) is 0.500. The minimum atomic E-state index is -0.361. The molecule has 2 heteroatoms. The zero-order chi connectivity index (χ0) is 12.4. The molecule has 0 radical (unpaired) electrons. The van der Waals surface area contributed by atoms with Gasteiger partial charge >= 0.3 is 0 Å². The van der Waals surface area contributed by atoms with E-state index < -0.39 is 0 Å². The molecule has 1 heterocycles. The Kier molecular flexibility index (Phi) is 3.37. The van der Waals surface area contributed by atoms with E-state index in [2.05, 4.69) is 12.1 Å². The van der Waals surface area contributed by atoms with E-state index in [1.165, 1.54) is 30.4 Å². The van der Waals surface area contributed by atoms with Crippen LogP contribution in [0.15, 0.2) is 29.8 Å². The molecule has 1 aromatic carbocycles. The van der Waals surface area contributed by atoms with Crippen LogP contribution in [0.5, 0.6) is 5.75 Å². The zero-order valence-electron chi connectivity index (χ0n) is 10.7. The molecular weight excluding hydrogens is 224 g/mol. The Hall–Kier alpha value is -1.28. The van der Waals surface area contributed by atoms with Crippen LogP contribution in [0.25, 0.3) is 0 Å². The van der Waals surface area contributed by atoms with Crippen LogP contribution in [0, 0.1) is 0 Å². The lowest BCUT2D eigenvalue weighted by atomic mass is 9.92. The summed E-state index contributed by atoms with van der Waals surface area (Å²) in [5.41, 5.74) is 3.69. The Morgan fingerprint density at radius 1 is 1.22 bits per heavy atom. The summed E-state index contributed by atoms with van der Waals surface area (Å²) in [6.45, 7) is 0.778.